The Balaban J connectivity index is 1.97. The number of nitrogens with zero attached hydrogens (tertiary/aromatic N) is 1. The number of hydrogen-bond donors (Lipinski definition) is 3. The lowest BCUT2D eigenvalue weighted by Gasteiger charge is -2.29. The van der Waals surface area contributed by atoms with Crippen LogP contribution in [0.5, 0.6) is 0 Å². The topological polar surface area (TPSA) is 78.6 Å². The van der Waals surface area contributed by atoms with Crippen molar-refractivity contribution in [2.75, 3.05) is 37.7 Å². The van der Waals surface area contributed by atoms with Gasteiger partial charge in [0.1, 0.15) is 0 Å². The number of carboxylic acids is 1. The second-order valence-corrected chi connectivity index (χ2v) is 5.24. The predicted octanol–water partition coefficient (Wildman–Crippen LogP) is 1.72. The third-order valence-corrected chi connectivity index (χ3v) is 3.69. The lowest BCUT2D eigenvalue weighted by atomic mass is 9.97. The van der Waals surface area contributed by atoms with E-state index in [0.717, 1.165) is 32.5 Å². The Hall–Kier alpha value is -1.75. The summed E-state index contributed by atoms with van der Waals surface area (Å²) in [5.41, 5.74) is 6.99. The van der Waals surface area contributed by atoms with Crippen LogP contribution < -0.4 is 11.1 Å². The maximum Gasteiger partial charge on any atom is 0.337 e. The summed E-state index contributed by atoms with van der Waals surface area (Å²) in [5.74, 6) is -0.339. The second kappa shape index (κ2) is 5.93. The molecular weight excluding hydrogens is 242 g/mol. The van der Waals surface area contributed by atoms with Crippen LogP contribution in [0.2, 0.25) is 0 Å². The number of benzene rings is 1. The van der Waals surface area contributed by atoms with Crippen LogP contribution in [0.1, 0.15) is 23.2 Å². The number of anilines is 2. The van der Waals surface area contributed by atoms with E-state index in [-0.39, 0.29) is 5.56 Å². The van der Waals surface area contributed by atoms with E-state index in [2.05, 4.69) is 17.3 Å². The van der Waals surface area contributed by atoms with Crippen molar-refractivity contribution in [2.24, 2.45) is 5.92 Å². The van der Waals surface area contributed by atoms with E-state index in [1.54, 1.807) is 12.1 Å². The molecule has 1 heterocycles. The van der Waals surface area contributed by atoms with Gasteiger partial charge in [-0.1, -0.05) is 0 Å². The molecule has 5 heteroatoms. The smallest absolute Gasteiger partial charge is 0.337 e. The molecule has 0 aromatic heterocycles. The number of rotatable bonds is 4. The van der Waals surface area contributed by atoms with Crippen molar-refractivity contribution in [3.05, 3.63) is 23.8 Å². The van der Waals surface area contributed by atoms with E-state index in [1.807, 2.05) is 0 Å². The van der Waals surface area contributed by atoms with E-state index in [0.29, 0.717) is 17.3 Å². The van der Waals surface area contributed by atoms with Crippen LogP contribution in [0.15, 0.2) is 18.2 Å². The minimum atomic E-state index is -0.946. The van der Waals surface area contributed by atoms with Crippen molar-refractivity contribution < 1.29 is 9.90 Å². The van der Waals surface area contributed by atoms with Gasteiger partial charge in [-0.05, 0) is 57.1 Å². The van der Waals surface area contributed by atoms with Gasteiger partial charge in [0.05, 0.1) is 5.56 Å². The number of carbonyl (C=O) groups is 1. The Bertz CT molecular complexity index is 454. The van der Waals surface area contributed by atoms with Crippen LogP contribution in [0.3, 0.4) is 0 Å². The van der Waals surface area contributed by atoms with Gasteiger partial charge in [0.15, 0.2) is 0 Å². The molecule has 2 rings (SSSR count). The number of nitrogen functional groups attached to an aromatic ring is 1. The minimum absolute atomic E-state index is 0.243. The first-order valence-electron chi connectivity index (χ1n) is 6.61. The van der Waals surface area contributed by atoms with Crippen LogP contribution >= 0.6 is 0 Å². The van der Waals surface area contributed by atoms with Gasteiger partial charge < -0.3 is 21.1 Å². The van der Waals surface area contributed by atoms with Crippen LogP contribution in [0.4, 0.5) is 11.4 Å². The normalized spacial score (nSPS) is 17.3. The van der Waals surface area contributed by atoms with E-state index >= 15 is 0 Å². The summed E-state index contributed by atoms with van der Waals surface area (Å²) in [6.07, 6.45) is 2.31. The van der Waals surface area contributed by atoms with Crippen LogP contribution in [-0.4, -0.2) is 42.7 Å². The highest BCUT2D eigenvalue weighted by Gasteiger charge is 2.17. The molecule has 1 aliphatic rings. The minimum Gasteiger partial charge on any atom is -0.478 e. The Morgan fingerprint density at radius 3 is 2.79 bits per heavy atom. The number of nitrogens with two attached hydrogens (primary N) is 1. The number of piperidine rings is 1. The summed E-state index contributed by atoms with van der Waals surface area (Å²) in [7, 11) is 2.13. The van der Waals surface area contributed by atoms with E-state index < -0.39 is 5.97 Å². The lowest BCUT2D eigenvalue weighted by molar-refractivity contribution is 0.0698. The summed E-state index contributed by atoms with van der Waals surface area (Å²) in [6.45, 7) is 3.04. The van der Waals surface area contributed by atoms with Crippen molar-refractivity contribution in [3.8, 4) is 0 Å². The largest absolute Gasteiger partial charge is 0.478 e. The Morgan fingerprint density at radius 1 is 1.47 bits per heavy atom. The highest BCUT2D eigenvalue weighted by Crippen LogP contribution is 2.21. The molecule has 19 heavy (non-hydrogen) atoms. The number of nitrogens with one attached hydrogen (secondary N) is 1. The second-order valence-electron chi connectivity index (χ2n) is 5.24. The zero-order chi connectivity index (χ0) is 13.8. The summed E-state index contributed by atoms with van der Waals surface area (Å²) in [4.78, 5) is 13.5. The van der Waals surface area contributed by atoms with Gasteiger partial charge >= 0.3 is 5.97 Å². The summed E-state index contributed by atoms with van der Waals surface area (Å²) in [5, 5.41) is 12.4. The maximum atomic E-state index is 11.2. The summed E-state index contributed by atoms with van der Waals surface area (Å²) in [6, 6.07) is 4.97. The zero-order valence-electron chi connectivity index (χ0n) is 11.2. The number of carboxylic acid groups (broad SMARTS) is 1. The molecule has 1 aliphatic heterocycles. The van der Waals surface area contributed by atoms with Crippen molar-refractivity contribution in [3.63, 3.8) is 0 Å². The molecule has 1 saturated heterocycles. The number of likely N-dealkylation sites (tertiary alicyclic amines) is 1. The molecule has 4 N–H and O–H groups in total. The van der Waals surface area contributed by atoms with Crippen LogP contribution in [0.25, 0.3) is 0 Å². The molecule has 0 spiro atoms. The average Bonchev–Trinajstić information content (AvgIpc) is 2.39. The first kappa shape index (κ1) is 13.7. The molecule has 5 nitrogen and oxygen atoms in total. The van der Waals surface area contributed by atoms with Crippen LogP contribution in [0, 0.1) is 5.92 Å². The van der Waals surface area contributed by atoms with Crippen molar-refractivity contribution >= 4 is 17.3 Å². The summed E-state index contributed by atoms with van der Waals surface area (Å²) < 4.78 is 0. The fraction of sp³-hybridized carbons (Fsp3) is 0.500. The van der Waals surface area contributed by atoms with Crippen molar-refractivity contribution in [1.82, 2.24) is 4.90 Å². The molecule has 0 radical (unpaired) electrons. The third kappa shape index (κ3) is 3.61. The first-order chi connectivity index (χ1) is 9.06. The first-order valence-corrected chi connectivity index (χ1v) is 6.61. The number of aromatic carboxylic acids is 1. The average molecular weight is 263 g/mol. The van der Waals surface area contributed by atoms with Gasteiger partial charge in [0.25, 0.3) is 0 Å². The van der Waals surface area contributed by atoms with Gasteiger partial charge in [-0.3, -0.25) is 0 Å². The third-order valence-electron chi connectivity index (χ3n) is 3.69. The van der Waals surface area contributed by atoms with Gasteiger partial charge in [0.2, 0.25) is 0 Å². The SMILES string of the molecule is CN1CCC(CNc2ccc(N)cc2C(=O)O)CC1. The highest BCUT2D eigenvalue weighted by atomic mass is 16.4. The molecule has 1 fully saturated rings. The van der Waals surface area contributed by atoms with Crippen molar-refractivity contribution in [1.29, 1.82) is 0 Å². The quantitative estimate of drug-likeness (QED) is 0.721. The Morgan fingerprint density at radius 2 is 2.16 bits per heavy atom. The van der Waals surface area contributed by atoms with Gasteiger partial charge in [-0.25, -0.2) is 4.79 Å². The fourth-order valence-corrected chi connectivity index (χ4v) is 2.41. The van der Waals surface area contributed by atoms with Gasteiger partial charge in [0, 0.05) is 17.9 Å². The monoisotopic (exact) mass is 263 g/mol. The summed E-state index contributed by atoms with van der Waals surface area (Å²) >= 11 is 0. The van der Waals surface area contributed by atoms with E-state index in [4.69, 9.17) is 10.8 Å². The molecular formula is C14H21N3O2. The molecule has 1 aromatic rings. The van der Waals surface area contributed by atoms with Crippen molar-refractivity contribution in [2.45, 2.75) is 12.8 Å². The van der Waals surface area contributed by atoms with Gasteiger partial charge in [-0.15, -0.1) is 0 Å². The fourth-order valence-electron chi connectivity index (χ4n) is 2.41. The molecule has 0 atom stereocenters. The molecule has 104 valence electrons. The molecule has 0 amide bonds. The molecule has 0 aliphatic carbocycles. The van der Waals surface area contributed by atoms with E-state index in [1.165, 1.54) is 6.07 Å². The van der Waals surface area contributed by atoms with Gasteiger partial charge in [-0.2, -0.15) is 0 Å². The standard InChI is InChI=1S/C14H21N3O2/c1-17-6-4-10(5-7-17)9-16-13-3-2-11(15)8-12(13)14(18)19/h2-3,8,10,16H,4-7,9,15H2,1H3,(H,18,19). The maximum absolute atomic E-state index is 11.2. The lowest BCUT2D eigenvalue weighted by Crippen LogP contribution is -2.33. The Labute approximate surface area is 113 Å². The predicted molar refractivity (Wildman–Crippen MR) is 76.5 cm³/mol. The molecule has 1 aromatic carbocycles. The Kier molecular flexibility index (Phi) is 4.27. The van der Waals surface area contributed by atoms with Crippen LogP contribution in [-0.2, 0) is 0 Å². The molecule has 0 saturated carbocycles. The molecule has 0 bridgehead atoms. The highest BCUT2D eigenvalue weighted by molar-refractivity contribution is 5.95. The number of hydrogen-bond acceptors (Lipinski definition) is 4. The van der Waals surface area contributed by atoms with E-state index in [9.17, 15) is 4.79 Å². The zero-order valence-corrected chi connectivity index (χ0v) is 11.2. The molecule has 0 unspecified atom stereocenters.